The highest BCUT2D eigenvalue weighted by atomic mass is 19.1. The normalized spacial score (nSPS) is 14.9. The predicted octanol–water partition coefficient (Wildman–Crippen LogP) is 7.29. The van der Waals surface area contributed by atoms with Crippen molar-refractivity contribution < 1.29 is 18.3 Å². The van der Waals surface area contributed by atoms with Crippen molar-refractivity contribution in [2.24, 2.45) is 0 Å². The van der Waals surface area contributed by atoms with E-state index in [9.17, 15) is 9.18 Å². The SMILES string of the molecule is Cc1ccc(NC(=O)c2ccoc2-c2ccc(F)cc2)cc1Nc1ncccc1-c1ncnc2c1ncn2C1CCCCO1. The molecule has 1 atom stereocenters. The largest absolute Gasteiger partial charge is 0.464 e. The smallest absolute Gasteiger partial charge is 0.259 e. The molecule has 0 spiro atoms. The summed E-state index contributed by atoms with van der Waals surface area (Å²) in [6.45, 7) is 2.68. The van der Waals surface area contributed by atoms with Crippen LogP contribution in [0.5, 0.6) is 0 Å². The number of aromatic nitrogens is 5. The minimum Gasteiger partial charge on any atom is -0.464 e. The molecule has 4 aromatic heterocycles. The number of carbonyl (C=O) groups is 1. The molecule has 44 heavy (non-hydrogen) atoms. The summed E-state index contributed by atoms with van der Waals surface area (Å²) in [6, 6.07) is 16.7. The predicted molar refractivity (Wildman–Crippen MR) is 164 cm³/mol. The summed E-state index contributed by atoms with van der Waals surface area (Å²) in [4.78, 5) is 31.7. The topological polar surface area (TPSA) is 120 Å². The third-order valence-corrected chi connectivity index (χ3v) is 7.65. The summed E-state index contributed by atoms with van der Waals surface area (Å²) in [5, 5.41) is 6.37. The maximum Gasteiger partial charge on any atom is 0.259 e. The van der Waals surface area contributed by atoms with Crippen molar-refractivity contribution in [3.8, 4) is 22.6 Å². The Morgan fingerprint density at radius 3 is 2.75 bits per heavy atom. The van der Waals surface area contributed by atoms with Crippen molar-refractivity contribution in [1.82, 2.24) is 24.5 Å². The highest BCUT2D eigenvalue weighted by Crippen LogP contribution is 2.34. The monoisotopic (exact) mass is 589 g/mol. The van der Waals surface area contributed by atoms with Gasteiger partial charge >= 0.3 is 0 Å². The molecule has 11 heteroatoms. The molecule has 10 nitrogen and oxygen atoms in total. The number of ether oxygens (including phenoxy) is 1. The number of rotatable bonds is 7. The summed E-state index contributed by atoms with van der Waals surface area (Å²) in [7, 11) is 0. The molecule has 1 aliphatic rings. The molecular formula is C33H28FN7O3. The number of hydrogen-bond acceptors (Lipinski definition) is 8. The van der Waals surface area contributed by atoms with E-state index in [1.165, 1.54) is 24.7 Å². The summed E-state index contributed by atoms with van der Waals surface area (Å²) in [6.07, 6.45) is 9.40. The van der Waals surface area contributed by atoms with E-state index in [-0.39, 0.29) is 18.0 Å². The van der Waals surface area contributed by atoms with Gasteiger partial charge in [0.2, 0.25) is 0 Å². The highest BCUT2D eigenvalue weighted by molar-refractivity contribution is 6.08. The average molecular weight is 590 g/mol. The number of hydrogen-bond donors (Lipinski definition) is 2. The first-order chi connectivity index (χ1) is 21.5. The van der Waals surface area contributed by atoms with E-state index in [2.05, 4.69) is 30.6 Å². The molecule has 220 valence electrons. The van der Waals surface area contributed by atoms with Crippen LogP contribution in [0, 0.1) is 12.7 Å². The molecule has 0 radical (unpaired) electrons. The molecule has 0 saturated carbocycles. The summed E-state index contributed by atoms with van der Waals surface area (Å²) in [5.74, 6) is 0.220. The number of nitrogens with zero attached hydrogens (tertiary/aromatic N) is 5. The lowest BCUT2D eigenvalue weighted by molar-refractivity contribution is -0.0298. The van der Waals surface area contributed by atoms with Gasteiger partial charge in [-0.25, -0.2) is 24.3 Å². The van der Waals surface area contributed by atoms with E-state index in [1.54, 1.807) is 30.7 Å². The Morgan fingerprint density at radius 2 is 1.91 bits per heavy atom. The first-order valence-corrected chi connectivity index (χ1v) is 14.3. The van der Waals surface area contributed by atoms with Crippen LogP contribution in [0.15, 0.2) is 90.2 Å². The third kappa shape index (κ3) is 5.29. The standard InChI is InChI=1S/C33H28FN7O3/c1-20-7-12-23(39-33(42)25-13-16-44-30(25)21-8-10-22(34)11-9-21)17-26(20)40-31-24(5-4-14-35-31)28-29-32(37-18-36-28)41(19-38-29)27-6-2-3-15-43-27/h4-5,7-14,16-19,27H,2-3,6,15H2,1H3,(H,35,40)(H,39,42). The van der Waals surface area contributed by atoms with Crippen molar-refractivity contribution in [1.29, 1.82) is 0 Å². The average Bonchev–Trinajstić information content (AvgIpc) is 3.72. The zero-order valence-corrected chi connectivity index (χ0v) is 23.8. The number of carbonyl (C=O) groups excluding carboxylic acids is 1. The van der Waals surface area contributed by atoms with Gasteiger partial charge in [0.25, 0.3) is 5.91 Å². The number of imidazole rings is 1. The van der Waals surface area contributed by atoms with Gasteiger partial charge in [-0.1, -0.05) is 6.07 Å². The third-order valence-electron chi connectivity index (χ3n) is 7.65. The fourth-order valence-corrected chi connectivity index (χ4v) is 5.37. The first kappa shape index (κ1) is 27.4. The van der Waals surface area contributed by atoms with Gasteiger partial charge < -0.3 is 19.8 Å². The van der Waals surface area contributed by atoms with E-state index in [1.807, 2.05) is 41.8 Å². The number of fused-ring (bicyclic) bond motifs is 1. The summed E-state index contributed by atoms with van der Waals surface area (Å²) >= 11 is 0. The van der Waals surface area contributed by atoms with E-state index in [0.717, 1.165) is 42.7 Å². The van der Waals surface area contributed by atoms with Crippen LogP contribution in [0.2, 0.25) is 0 Å². The molecule has 2 N–H and O–H groups in total. The van der Waals surface area contributed by atoms with E-state index in [4.69, 9.17) is 9.15 Å². The number of amides is 1. The number of pyridine rings is 1. The fourth-order valence-electron chi connectivity index (χ4n) is 5.37. The van der Waals surface area contributed by atoms with E-state index in [0.29, 0.717) is 45.3 Å². The van der Waals surface area contributed by atoms with Crippen molar-refractivity contribution >= 4 is 34.3 Å². The molecule has 1 fully saturated rings. The molecule has 7 rings (SSSR count). The summed E-state index contributed by atoms with van der Waals surface area (Å²) in [5.41, 5.74) is 5.98. The van der Waals surface area contributed by atoms with Crippen LogP contribution in [0.25, 0.3) is 33.7 Å². The maximum absolute atomic E-state index is 13.4. The van der Waals surface area contributed by atoms with Crippen molar-refractivity contribution in [3.63, 3.8) is 0 Å². The number of anilines is 3. The molecule has 0 bridgehead atoms. The van der Waals surface area contributed by atoms with Gasteiger partial charge in [-0.2, -0.15) is 0 Å². The van der Waals surface area contributed by atoms with Crippen molar-refractivity contribution in [3.05, 3.63) is 103 Å². The molecule has 1 saturated heterocycles. The number of halogens is 1. The van der Waals surface area contributed by atoms with Gasteiger partial charge in [0.05, 0.1) is 18.2 Å². The van der Waals surface area contributed by atoms with Gasteiger partial charge in [0.1, 0.15) is 41.2 Å². The van der Waals surface area contributed by atoms with Crippen molar-refractivity contribution in [2.75, 3.05) is 17.2 Å². The Morgan fingerprint density at radius 1 is 1.02 bits per heavy atom. The number of benzene rings is 2. The molecule has 2 aromatic carbocycles. The molecule has 0 aliphatic carbocycles. The minimum atomic E-state index is -0.366. The zero-order valence-electron chi connectivity index (χ0n) is 23.8. The Bertz CT molecular complexity index is 1960. The highest BCUT2D eigenvalue weighted by Gasteiger charge is 2.22. The molecule has 1 amide bonds. The van der Waals surface area contributed by atoms with Crippen LogP contribution in [0.3, 0.4) is 0 Å². The Hall–Kier alpha value is -5.42. The number of aryl methyl sites for hydroxylation is 1. The lowest BCUT2D eigenvalue weighted by Gasteiger charge is -2.23. The quantitative estimate of drug-likeness (QED) is 0.199. The molecule has 6 aromatic rings. The Kier molecular flexibility index (Phi) is 7.29. The van der Waals surface area contributed by atoms with Gasteiger partial charge in [-0.05, 0) is 86.3 Å². The van der Waals surface area contributed by atoms with Crippen LogP contribution in [0.4, 0.5) is 21.6 Å². The van der Waals surface area contributed by atoms with Crippen LogP contribution in [-0.4, -0.2) is 37.0 Å². The Balaban J connectivity index is 1.16. The molecule has 1 unspecified atom stereocenters. The number of furan rings is 1. The van der Waals surface area contributed by atoms with Gasteiger partial charge in [-0.15, -0.1) is 0 Å². The van der Waals surface area contributed by atoms with Gasteiger partial charge in [0.15, 0.2) is 5.65 Å². The maximum atomic E-state index is 13.4. The zero-order chi connectivity index (χ0) is 30.0. The molecular weight excluding hydrogens is 561 g/mol. The lowest BCUT2D eigenvalue weighted by Crippen LogP contribution is -2.17. The second-order valence-electron chi connectivity index (χ2n) is 10.5. The van der Waals surface area contributed by atoms with Crippen LogP contribution in [0.1, 0.15) is 41.4 Å². The second-order valence-corrected chi connectivity index (χ2v) is 10.5. The van der Waals surface area contributed by atoms with Gasteiger partial charge in [-0.3, -0.25) is 9.36 Å². The van der Waals surface area contributed by atoms with Crippen LogP contribution < -0.4 is 10.6 Å². The Labute approximate surface area is 252 Å². The second kappa shape index (κ2) is 11.7. The first-order valence-electron chi connectivity index (χ1n) is 14.3. The summed E-state index contributed by atoms with van der Waals surface area (Å²) < 4.78 is 26.9. The number of nitrogens with one attached hydrogen (secondary N) is 2. The molecule has 5 heterocycles. The lowest BCUT2D eigenvalue weighted by atomic mass is 10.1. The van der Waals surface area contributed by atoms with E-state index >= 15 is 0 Å². The fraction of sp³-hybridized carbons (Fsp3) is 0.182. The van der Waals surface area contributed by atoms with Crippen LogP contribution >= 0.6 is 0 Å². The van der Waals surface area contributed by atoms with Gasteiger partial charge in [0, 0.05) is 35.3 Å². The van der Waals surface area contributed by atoms with Crippen LogP contribution in [-0.2, 0) is 4.74 Å². The van der Waals surface area contributed by atoms with Crippen molar-refractivity contribution in [2.45, 2.75) is 32.4 Å². The van der Waals surface area contributed by atoms with E-state index < -0.39 is 0 Å². The molecule has 1 aliphatic heterocycles. The minimum absolute atomic E-state index is 0.0996.